The average Bonchev–Trinajstić information content (AvgIpc) is 3.21. The Morgan fingerprint density at radius 1 is 1.00 bits per heavy atom. The van der Waals surface area contributed by atoms with Crippen LogP contribution >= 0.6 is 0 Å². The van der Waals surface area contributed by atoms with Crippen LogP contribution in [-0.4, -0.2) is 70.7 Å². The number of nitrogens with one attached hydrogen (secondary N) is 2. The number of carbonyl (C=O) groups is 2. The second-order valence-corrected chi connectivity index (χ2v) is 10.9. The first kappa shape index (κ1) is 26.8. The minimum Gasteiger partial charge on any atom is -0.465 e. The van der Waals surface area contributed by atoms with Gasteiger partial charge in [0.1, 0.15) is 0 Å². The molecule has 0 aliphatic carbocycles. The molecule has 0 spiro atoms. The topological polar surface area (TPSA) is 121 Å². The molecule has 0 unspecified atom stereocenters. The highest BCUT2D eigenvalue weighted by Crippen LogP contribution is 2.38. The van der Waals surface area contributed by atoms with Crippen molar-refractivity contribution in [1.82, 2.24) is 9.88 Å². The summed E-state index contributed by atoms with van der Waals surface area (Å²) in [7, 11) is 1.59. The van der Waals surface area contributed by atoms with Crippen LogP contribution in [0, 0.1) is 0 Å². The Morgan fingerprint density at radius 3 is 2.29 bits per heavy atom. The van der Waals surface area contributed by atoms with E-state index in [0.717, 1.165) is 5.56 Å². The van der Waals surface area contributed by atoms with E-state index in [-0.39, 0.29) is 5.91 Å². The fraction of sp³-hybridized carbons (Fsp3) is 0.222. The average molecular weight is 536 g/mol. The third kappa shape index (κ3) is 5.84. The van der Waals surface area contributed by atoms with Crippen molar-refractivity contribution < 1.29 is 22.7 Å². The molecule has 0 radical (unpaired) electrons. The van der Waals surface area contributed by atoms with E-state index in [1.54, 1.807) is 67.0 Å². The molecule has 1 amide bonds. The summed E-state index contributed by atoms with van der Waals surface area (Å²) < 4.78 is 31.0. The lowest BCUT2D eigenvalue weighted by Crippen LogP contribution is -2.35. The molecule has 4 rings (SSSR count). The Balaban J connectivity index is 1.73. The molecule has 0 atom stereocenters. The largest absolute Gasteiger partial charge is 0.465 e. The summed E-state index contributed by atoms with van der Waals surface area (Å²) in [5, 5.41) is 6.16. The minimum absolute atomic E-state index is 0.315. The van der Waals surface area contributed by atoms with E-state index in [9.17, 15) is 18.0 Å². The lowest BCUT2D eigenvalue weighted by atomic mass is 9.99. The van der Waals surface area contributed by atoms with Gasteiger partial charge in [-0.2, -0.15) is 0 Å². The SMILES string of the molecule is COC(=O)c1ccc2c(c1)NC(=O)/C2=C(\Nc1ccc(N(CCN(C)C)S(C)(=O)=O)cc1)c1ccncc1. The Labute approximate surface area is 222 Å². The zero-order chi connectivity index (χ0) is 27.4. The van der Waals surface area contributed by atoms with Gasteiger partial charge in [-0.1, -0.05) is 6.07 Å². The van der Waals surface area contributed by atoms with Gasteiger partial charge in [-0.05, 0) is 62.6 Å². The number of rotatable bonds is 9. The summed E-state index contributed by atoms with van der Waals surface area (Å²) in [5.74, 6) is -0.828. The molecule has 10 nitrogen and oxygen atoms in total. The van der Waals surface area contributed by atoms with Crippen molar-refractivity contribution in [3.8, 4) is 0 Å². The van der Waals surface area contributed by atoms with Crippen LogP contribution in [0.25, 0.3) is 11.3 Å². The molecule has 0 bridgehead atoms. The van der Waals surface area contributed by atoms with Gasteiger partial charge in [0.05, 0.1) is 41.6 Å². The zero-order valence-electron chi connectivity index (χ0n) is 21.6. The molecule has 11 heteroatoms. The number of amides is 1. The normalized spacial score (nSPS) is 14.1. The van der Waals surface area contributed by atoms with Crippen molar-refractivity contribution in [1.29, 1.82) is 0 Å². The van der Waals surface area contributed by atoms with Gasteiger partial charge in [0.15, 0.2) is 0 Å². The Kier molecular flexibility index (Phi) is 7.79. The second kappa shape index (κ2) is 11.0. The van der Waals surface area contributed by atoms with E-state index < -0.39 is 16.0 Å². The summed E-state index contributed by atoms with van der Waals surface area (Å²) in [6.45, 7) is 0.882. The standard InChI is InChI=1S/C27H29N5O5S/c1-31(2)15-16-32(38(4,35)36)21-8-6-20(7-9-21)29-25(18-11-13-28-14-12-18)24-22-10-5-19(27(34)37-3)17-23(22)30-26(24)33/h5-14,17,29H,15-16H2,1-4H3,(H,30,33)/b25-24-. The van der Waals surface area contributed by atoms with E-state index in [1.807, 2.05) is 19.0 Å². The molecule has 1 aliphatic heterocycles. The van der Waals surface area contributed by atoms with Crippen molar-refractivity contribution in [3.05, 3.63) is 83.7 Å². The number of pyridine rings is 1. The molecule has 38 heavy (non-hydrogen) atoms. The van der Waals surface area contributed by atoms with E-state index >= 15 is 0 Å². The van der Waals surface area contributed by atoms with Gasteiger partial charge in [0, 0.05) is 42.3 Å². The zero-order valence-corrected chi connectivity index (χ0v) is 22.4. The molecule has 2 aromatic carbocycles. The summed E-state index contributed by atoms with van der Waals surface area (Å²) in [4.78, 5) is 31.1. The van der Waals surface area contributed by atoms with Crippen LogP contribution < -0.4 is 14.9 Å². The summed E-state index contributed by atoms with van der Waals surface area (Å²) >= 11 is 0. The van der Waals surface area contributed by atoms with Crippen molar-refractivity contribution in [2.24, 2.45) is 0 Å². The van der Waals surface area contributed by atoms with Gasteiger partial charge in [0.2, 0.25) is 10.0 Å². The highest BCUT2D eigenvalue weighted by atomic mass is 32.2. The van der Waals surface area contributed by atoms with E-state index in [0.29, 0.717) is 52.5 Å². The summed E-state index contributed by atoms with van der Waals surface area (Å²) in [5.41, 5.74) is 4.31. The summed E-state index contributed by atoms with van der Waals surface area (Å²) in [6.07, 6.45) is 4.44. The molecule has 1 aliphatic rings. The number of esters is 1. The maximum absolute atomic E-state index is 13.1. The molecule has 0 saturated heterocycles. The molecule has 1 aromatic heterocycles. The molecular formula is C27H29N5O5S. The number of hydrogen-bond donors (Lipinski definition) is 2. The number of methoxy groups -OCH3 is 1. The number of fused-ring (bicyclic) bond motifs is 1. The Hall–Kier alpha value is -4.22. The van der Waals surface area contributed by atoms with E-state index in [1.165, 1.54) is 17.7 Å². The number of nitrogens with zero attached hydrogens (tertiary/aromatic N) is 3. The van der Waals surface area contributed by atoms with Gasteiger partial charge < -0.3 is 20.3 Å². The molecule has 0 fully saturated rings. The van der Waals surface area contributed by atoms with Gasteiger partial charge in [-0.15, -0.1) is 0 Å². The Morgan fingerprint density at radius 2 is 1.68 bits per heavy atom. The molecule has 2 N–H and O–H groups in total. The monoisotopic (exact) mass is 535 g/mol. The third-order valence-electron chi connectivity index (χ3n) is 5.98. The highest BCUT2D eigenvalue weighted by Gasteiger charge is 2.29. The first-order valence-corrected chi connectivity index (χ1v) is 13.6. The van der Waals surface area contributed by atoms with Crippen molar-refractivity contribution >= 4 is 50.2 Å². The van der Waals surface area contributed by atoms with Crippen LogP contribution in [0.4, 0.5) is 17.1 Å². The first-order chi connectivity index (χ1) is 18.1. The van der Waals surface area contributed by atoms with Crippen molar-refractivity contribution in [2.45, 2.75) is 0 Å². The lowest BCUT2D eigenvalue weighted by molar-refractivity contribution is -0.110. The van der Waals surface area contributed by atoms with Crippen LogP contribution in [0.1, 0.15) is 21.5 Å². The first-order valence-electron chi connectivity index (χ1n) is 11.8. The maximum Gasteiger partial charge on any atom is 0.337 e. The predicted octanol–water partition coefficient (Wildman–Crippen LogP) is 3.13. The van der Waals surface area contributed by atoms with Crippen LogP contribution in [0.3, 0.4) is 0 Å². The second-order valence-electron chi connectivity index (χ2n) is 9.00. The van der Waals surface area contributed by atoms with Crippen molar-refractivity contribution in [2.75, 3.05) is 55.5 Å². The molecule has 198 valence electrons. The van der Waals surface area contributed by atoms with Crippen LogP contribution in [0.15, 0.2) is 67.0 Å². The third-order valence-corrected chi connectivity index (χ3v) is 7.17. The van der Waals surface area contributed by atoms with Gasteiger partial charge in [-0.25, -0.2) is 13.2 Å². The molecule has 3 aromatic rings. The van der Waals surface area contributed by atoms with Crippen LogP contribution in [0.2, 0.25) is 0 Å². The maximum atomic E-state index is 13.1. The number of aromatic nitrogens is 1. The number of sulfonamides is 1. The van der Waals surface area contributed by atoms with Crippen LogP contribution in [0.5, 0.6) is 0 Å². The molecular weight excluding hydrogens is 506 g/mol. The fourth-order valence-corrected chi connectivity index (χ4v) is 5.01. The number of ether oxygens (including phenoxy) is 1. The van der Waals surface area contributed by atoms with Gasteiger partial charge in [-0.3, -0.25) is 14.1 Å². The molecule has 2 heterocycles. The molecule has 0 saturated carbocycles. The van der Waals surface area contributed by atoms with Crippen LogP contribution in [-0.2, 0) is 19.6 Å². The summed E-state index contributed by atoms with van der Waals surface area (Å²) in [6, 6.07) is 15.4. The smallest absolute Gasteiger partial charge is 0.337 e. The lowest BCUT2D eigenvalue weighted by Gasteiger charge is -2.24. The predicted molar refractivity (Wildman–Crippen MR) is 148 cm³/mol. The number of hydrogen-bond acceptors (Lipinski definition) is 8. The van der Waals surface area contributed by atoms with E-state index in [4.69, 9.17) is 4.74 Å². The Bertz CT molecular complexity index is 1490. The highest BCUT2D eigenvalue weighted by molar-refractivity contribution is 7.92. The number of benzene rings is 2. The fourth-order valence-electron chi connectivity index (χ4n) is 4.10. The van der Waals surface area contributed by atoms with Gasteiger partial charge >= 0.3 is 5.97 Å². The number of likely N-dealkylation sites (N-methyl/N-ethyl adjacent to an activating group) is 1. The quantitative estimate of drug-likeness (QED) is 0.317. The van der Waals surface area contributed by atoms with E-state index in [2.05, 4.69) is 15.6 Å². The number of anilines is 3. The van der Waals surface area contributed by atoms with Crippen molar-refractivity contribution in [3.63, 3.8) is 0 Å². The number of carbonyl (C=O) groups excluding carboxylic acids is 2. The minimum atomic E-state index is -3.47. The van der Waals surface area contributed by atoms with Gasteiger partial charge in [0.25, 0.3) is 5.91 Å².